The number of hydrogen-bond acceptors (Lipinski definition) is 9. The lowest BCUT2D eigenvalue weighted by atomic mass is 10.1. The van der Waals surface area contributed by atoms with Gasteiger partial charge in [-0.05, 0) is 24.1 Å². The molecule has 2 rings (SSSR count). The van der Waals surface area contributed by atoms with Crippen molar-refractivity contribution in [3.05, 3.63) is 53.7 Å². The molecule has 0 aliphatic carbocycles. The number of nitrogens with one attached hydrogen (secondary N) is 2. The lowest BCUT2D eigenvalue weighted by molar-refractivity contribution is -0.123. The van der Waals surface area contributed by atoms with Crippen molar-refractivity contribution in [2.24, 2.45) is 5.92 Å². The summed E-state index contributed by atoms with van der Waals surface area (Å²) in [6, 6.07) is 8.70. The second-order valence-corrected chi connectivity index (χ2v) is 9.32. The summed E-state index contributed by atoms with van der Waals surface area (Å²) in [4.78, 5) is 39.6. The topological polar surface area (TPSA) is 150 Å². The van der Waals surface area contributed by atoms with Crippen molar-refractivity contribution in [3.8, 4) is 5.88 Å². The number of aromatic nitrogens is 1. The summed E-state index contributed by atoms with van der Waals surface area (Å²) in [6.45, 7) is 4.30. The summed E-state index contributed by atoms with van der Waals surface area (Å²) in [7, 11) is -2.68. The Morgan fingerprint density at radius 2 is 1.80 bits per heavy atom. The fourth-order valence-corrected chi connectivity index (χ4v) is 4.03. The average Bonchev–Trinajstić information content (AvgIpc) is 2.82. The van der Waals surface area contributed by atoms with Crippen LogP contribution in [0.4, 0.5) is 4.79 Å². The van der Waals surface area contributed by atoms with Crippen molar-refractivity contribution in [2.75, 3.05) is 26.9 Å². The quantitative estimate of drug-likeness (QED) is 0.325. The van der Waals surface area contributed by atoms with Gasteiger partial charge in [0.25, 0.3) is 15.9 Å². The van der Waals surface area contributed by atoms with Gasteiger partial charge < -0.3 is 19.5 Å². The molecule has 2 amide bonds. The summed E-state index contributed by atoms with van der Waals surface area (Å²) in [5, 5.41) is 2.73. The molecule has 11 nitrogen and oxygen atoms in total. The Morgan fingerprint density at radius 3 is 2.46 bits per heavy atom. The van der Waals surface area contributed by atoms with E-state index < -0.39 is 22.1 Å². The van der Waals surface area contributed by atoms with Crippen LogP contribution >= 0.6 is 0 Å². The molecule has 0 atom stereocenters. The predicted molar refractivity (Wildman–Crippen MR) is 125 cm³/mol. The Hall–Kier alpha value is -3.51. The summed E-state index contributed by atoms with van der Waals surface area (Å²) in [6.07, 6.45) is 0.877. The molecule has 0 aliphatic rings. The van der Waals surface area contributed by atoms with Gasteiger partial charge in [0.05, 0.1) is 17.1 Å². The van der Waals surface area contributed by atoms with Crippen molar-refractivity contribution in [3.63, 3.8) is 0 Å². The molecule has 1 aromatic carbocycles. The number of ether oxygens (including phenoxy) is 3. The number of benzene rings is 1. The average molecular weight is 508 g/mol. The minimum atomic E-state index is -4.21. The first-order valence-corrected chi connectivity index (χ1v) is 12.3. The number of nitrogens with zero attached hydrogens (tertiary/aromatic N) is 1. The Bertz CT molecular complexity index is 1120. The molecule has 0 radical (unpaired) electrons. The van der Waals surface area contributed by atoms with Crippen LogP contribution in [0, 0.1) is 5.92 Å². The number of rotatable bonds is 12. The second kappa shape index (κ2) is 13.4. The SMILES string of the molecule is COCCCOC(=O)Oc1ccc(C(=O)NS(=O)(=O)c2ccccc2CCNC(=O)C(C)C)cn1. The molecule has 0 bridgehead atoms. The van der Waals surface area contributed by atoms with E-state index in [1.807, 2.05) is 4.72 Å². The van der Waals surface area contributed by atoms with Gasteiger partial charge in [-0.3, -0.25) is 9.59 Å². The smallest absolute Gasteiger partial charge is 0.434 e. The lowest BCUT2D eigenvalue weighted by Gasteiger charge is -2.13. The number of hydrogen-bond donors (Lipinski definition) is 2. The van der Waals surface area contributed by atoms with Crippen LogP contribution in [0.2, 0.25) is 0 Å². The summed E-state index contributed by atoms with van der Waals surface area (Å²) >= 11 is 0. The first kappa shape index (κ1) is 27.7. The van der Waals surface area contributed by atoms with E-state index in [0.717, 1.165) is 6.20 Å². The van der Waals surface area contributed by atoms with Gasteiger partial charge in [-0.25, -0.2) is 22.9 Å². The third kappa shape index (κ3) is 8.98. The Labute approximate surface area is 204 Å². The zero-order valence-corrected chi connectivity index (χ0v) is 20.6. The highest BCUT2D eigenvalue weighted by Crippen LogP contribution is 2.17. The van der Waals surface area contributed by atoms with Crippen LogP contribution in [0.15, 0.2) is 47.5 Å². The number of pyridine rings is 1. The van der Waals surface area contributed by atoms with E-state index in [0.29, 0.717) is 18.6 Å². The minimum absolute atomic E-state index is 0.0592. The fourth-order valence-electron chi connectivity index (χ4n) is 2.78. The normalized spacial score (nSPS) is 11.1. The highest BCUT2D eigenvalue weighted by molar-refractivity contribution is 7.90. The van der Waals surface area contributed by atoms with Gasteiger partial charge in [0.1, 0.15) is 0 Å². The second-order valence-electron chi connectivity index (χ2n) is 7.67. The van der Waals surface area contributed by atoms with E-state index in [4.69, 9.17) is 14.2 Å². The molecule has 0 saturated heterocycles. The molecular formula is C23H29N3O8S. The van der Waals surface area contributed by atoms with Gasteiger partial charge in [-0.15, -0.1) is 0 Å². The summed E-state index contributed by atoms with van der Waals surface area (Å²) in [5.74, 6) is -1.35. The van der Waals surface area contributed by atoms with E-state index in [-0.39, 0.29) is 47.7 Å². The first-order valence-electron chi connectivity index (χ1n) is 10.9. The molecule has 35 heavy (non-hydrogen) atoms. The van der Waals surface area contributed by atoms with Crippen LogP contribution < -0.4 is 14.8 Å². The molecule has 1 aromatic heterocycles. The van der Waals surface area contributed by atoms with Crippen molar-refractivity contribution in [2.45, 2.75) is 31.6 Å². The van der Waals surface area contributed by atoms with Crippen LogP contribution in [0.25, 0.3) is 0 Å². The van der Waals surface area contributed by atoms with Crippen molar-refractivity contribution in [1.82, 2.24) is 15.0 Å². The van der Waals surface area contributed by atoms with Crippen molar-refractivity contribution in [1.29, 1.82) is 0 Å². The van der Waals surface area contributed by atoms with E-state index in [1.54, 1.807) is 26.0 Å². The maximum absolute atomic E-state index is 12.9. The molecule has 12 heteroatoms. The van der Waals surface area contributed by atoms with Crippen LogP contribution in [-0.4, -0.2) is 58.2 Å². The third-order valence-corrected chi connectivity index (χ3v) is 6.04. The van der Waals surface area contributed by atoms with Gasteiger partial charge in [-0.1, -0.05) is 32.0 Å². The number of methoxy groups -OCH3 is 1. The zero-order valence-electron chi connectivity index (χ0n) is 19.8. The van der Waals surface area contributed by atoms with Crippen molar-refractivity contribution >= 4 is 28.0 Å². The van der Waals surface area contributed by atoms with E-state index in [1.165, 1.54) is 31.4 Å². The molecule has 0 saturated carbocycles. The third-order valence-electron chi connectivity index (χ3n) is 4.61. The first-order chi connectivity index (χ1) is 16.6. The van der Waals surface area contributed by atoms with Gasteiger partial charge in [0, 0.05) is 44.9 Å². The Kier molecular flexibility index (Phi) is 10.6. The highest BCUT2D eigenvalue weighted by Gasteiger charge is 2.22. The van der Waals surface area contributed by atoms with Crippen LogP contribution in [-0.2, 0) is 30.7 Å². The number of carbonyl (C=O) groups is 3. The highest BCUT2D eigenvalue weighted by atomic mass is 32.2. The van der Waals surface area contributed by atoms with Gasteiger partial charge in [-0.2, -0.15) is 0 Å². The van der Waals surface area contributed by atoms with Crippen LogP contribution in [0.5, 0.6) is 5.88 Å². The summed E-state index contributed by atoms with van der Waals surface area (Å²) < 4.78 is 42.3. The molecule has 2 aromatic rings. The van der Waals surface area contributed by atoms with E-state index >= 15 is 0 Å². The van der Waals surface area contributed by atoms with Crippen molar-refractivity contribution < 1.29 is 37.0 Å². The Balaban J connectivity index is 2.00. The monoisotopic (exact) mass is 507 g/mol. The fraction of sp³-hybridized carbons (Fsp3) is 0.391. The number of sulfonamides is 1. The molecule has 1 heterocycles. The Morgan fingerprint density at radius 1 is 1.06 bits per heavy atom. The maximum Gasteiger partial charge on any atom is 0.515 e. The molecule has 0 fully saturated rings. The lowest BCUT2D eigenvalue weighted by Crippen LogP contribution is -2.32. The molecule has 2 N–H and O–H groups in total. The van der Waals surface area contributed by atoms with Gasteiger partial charge in [0.15, 0.2) is 0 Å². The summed E-state index contributed by atoms with van der Waals surface area (Å²) in [5.41, 5.74) is 0.388. The number of amides is 2. The largest absolute Gasteiger partial charge is 0.515 e. The van der Waals surface area contributed by atoms with Gasteiger partial charge in [0.2, 0.25) is 11.8 Å². The molecule has 0 unspecified atom stereocenters. The van der Waals surface area contributed by atoms with Crippen LogP contribution in [0.1, 0.15) is 36.2 Å². The zero-order chi connectivity index (χ0) is 25.8. The maximum atomic E-state index is 12.9. The molecular weight excluding hydrogens is 478 g/mol. The van der Waals surface area contributed by atoms with Gasteiger partial charge >= 0.3 is 6.16 Å². The van der Waals surface area contributed by atoms with Crippen LogP contribution in [0.3, 0.4) is 0 Å². The van der Waals surface area contributed by atoms with E-state index in [2.05, 4.69) is 10.3 Å². The molecule has 0 aliphatic heterocycles. The minimum Gasteiger partial charge on any atom is -0.434 e. The molecule has 0 spiro atoms. The number of carbonyl (C=O) groups excluding carboxylic acids is 3. The molecule has 190 valence electrons. The predicted octanol–water partition coefficient (Wildman–Crippen LogP) is 2.07. The standard InChI is InChI=1S/C23H29N3O8S/c1-16(2)21(27)24-12-11-17-7-4-5-8-19(17)35(30,31)26-22(28)18-9-10-20(25-15-18)34-23(29)33-14-6-13-32-3/h4-5,7-10,15-16H,6,11-14H2,1-3H3,(H,24,27)(H,26,28). The van der Waals surface area contributed by atoms with E-state index in [9.17, 15) is 22.8 Å².